The van der Waals surface area contributed by atoms with Gasteiger partial charge in [0.05, 0.1) is 12.4 Å². The van der Waals surface area contributed by atoms with Crippen LogP contribution >= 0.6 is 0 Å². The molecule has 2 rings (SSSR count). The van der Waals surface area contributed by atoms with Crippen LogP contribution in [-0.2, 0) is 13.6 Å². The molecule has 2 aromatic rings. The molecule has 1 aromatic heterocycles. The largest absolute Gasteiger partial charge is 0.454 e. The predicted molar refractivity (Wildman–Crippen MR) is 67.2 cm³/mol. The molecule has 1 aromatic carbocycles. The van der Waals surface area contributed by atoms with E-state index in [1.54, 1.807) is 10.9 Å². The summed E-state index contributed by atoms with van der Waals surface area (Å²) in [7, 11) is 3.80. The fourth-order valence-corrected chi connectivity index (χ4v) is 1.65. The third-order valence-electron chi connectivity index (χ3n) is 2.54. The first-order chi connectivity index (χ1) is 8.19. The van der Waals surface area contributed by atoms with Gasteiger partial charge in [0.1, 0.15) is 5.75 Å². The van der Waals surface area contributed by atoms with Gasteiger partial charge in [0, 0.05) is 13.6 Å². The zero-order valence-electron chi connectivity index (χ0n) is 10.4. The highest BCUT2D eigenvalue weighted by atomic mass is 16.5. The van der Waals surface area contributed by atoms with Crippen molar-refractivity contribution in [1.29, 1.82) is 0 Å². The van der Waals surface area contributed by atoms with Crippen LogP contribution in [0.25, 0.3) is 0 Å². The third-order valence-corrected chi connectivity index (χ3v) is 2.54. The van der Waals surface area contributed by atoms with Gasteiger partial charge < -0.3 is 10.1 Å². The number of hydrogen-bond acceptors (Lipinski definition) is 3. The van der Waals surface area contributed by atoms with Crippen molar-refractivity contribution < 1.29 is 4.74 Å². The first-order valence-electron chi connectivity index (χ1n) is 5.59. The summed E-state index contributed by atoms with van der Waals surface area (Å²) in [6.45, 7) is 2.87. The molecule has 0 aliphatic carbocycles. The Morgan fingerprint density at radius 3 is 2.88 bits per heavy atom. The summed E-state index contributed by atoms with van der Waals surface area (Å²) in [6, 6.07) is 6.22. The molecule has 0 radical (unpaired) electrons. The molecule has 90 valence electrons. The molecule has 1 N–H and O–H groups in total. The maximum Gasteiger partial charge on any atom is 0.165 e. The van der Waals surface area contributed by atoms with Crippen LogP contribution in [-0.4, -0.2) is 16.8 Å². The molecule has 0 bridgehead atoms. The van der Waals surface area contributed by atoms with E-state index in [4.69, 9.17) is 4.74 Å². The number of aryl methyl sites for hydroxylation is 2. The van der Waals surface area contributed by atoms with Crippen LogP contribution in [0.4, 0.5) is 0 Å². The van der Waals surface area contributed by atoms with Crippen molar-refractivity contribution in [3.63, 3.8) is 0 Å². The second kappa shape index (κ2) is 5.01. The second-order valence-electron chi connectivity index (χ2n) is 4.08. The molecule has 0 atom stereocenters. The first kappa shape index (κ1) is 11.7. The van der Waals surface area contributed by atoms with Gasteiger partial charge in [-0.25, -0.2) is 0 Å². The average Bonchev–Trinajstić information content (AvgIpc) is 2.69. The van der Waals surface area contributed by atoms with Gasteiger partial charge in [0.15, 0.2) is 5.75 Å². The van der Waals surface area contributed by atoms with Crippen LogP contribution in [0.1, 0.15) is 11.1 Å². The highest BCUT2D eigenvalue weighted by Crippen LogP contribution is 2.25. The van der Waals surface area contributed by atoms with Gasteiger partial charge in [0.2, 0.25) is 0 Å². The van der Waals surface area contributed by atoms with E-state index in [1.807, 2.05) is 27.2 Å². The van der Waals surface area contributed by atoms with Crippen LogP contribution < -0.4 is 10.1 Å². The number of rotatable bonds is 4. The van der Waals surface area contributed by atoms with E-state index in [0.717, 1.165) is 23.6 Å². The Morgan fingerprint density at radius 2 is 2.24 bits per heavy atom. The van der Waals surface area contributed by atoms with E-state index >= 15 is 0 Å². The molecule has 4 heteroatoms. The minimum Gasteiger partial charge on any atom is -0.454 e. The molecule has 0 saturated heterocycles. The maximum absolute atomic E-state index is 5.81. The standard InChI is InChI=1S/C13H17N3O/c1-10-4-5-11(7-14-2)6-13(10)17-12-8-15-16(3)9-12/h4-6,8-9,14H,7H2,1-3H3. The summed E-state index contributed by atoms with van der Waals surface area (Å²) >= 11 is 0. The molecular weight excluding hydrogens is 214 g/mol. The Balaban J connectivity index is 2.22. The quantitative estimate of drug-likeness (QED) is 0.877. The molecule has 0 aliphatic heterocycles. The van der Waals surface area contributed by atoms with Crippen molar-refractivity contribution >= 4 is 0 Å². The van der Waals surface area contributed by atoms with Crippen molar-refractivity contribution in [3.05, 3.63) is 41.7 Å². The van der Waals surface area contributed by atoms with E-state index in [-0.39, 0.29) is 0 Å². The van der Waals surface area contributed by atoms with Crippen LogP contribution in [0.2, 0.25) is 0 Å². The molecule has 17 heavy (non-hydrogen) atoms. The van der Waals surface area contributed by atoms with Crippen molar-refractivity contribution in [1.82, 2.24) is 15.1 Å². The van der Waals surface area contributed by atoms with Crippen molar-refractivity contribution in [2.24, 2.45) is 7.05 Å². The zero-order valence-corrected chi connectivity index (χ0v) is 10.4. The Morgan fingerprint density at radius 1 is 1.41 bits per heavy atom. The molecule has 4 nitrogen and oxygen atoms in total. The average molecular weight is 231 g/mol. The number of ether oxygens (including phenoxy) is 1. The molecular formula is C13H17N3O. The SMILES string of the molecule is CNCc1ccc(C)c(Oc2cnn(C)c2)c1. The van der Waals surface area contributed by atoms with E-state index in [9.17, 15) is 0 Å². The van der Waals surface area contributed by atoms with Gasteiger partial charge in [-0.15, -0.1) is 0 Å². The predicted octanol–water partition coefficient (Wildman–Crippen LogP) is 2.24. The van der Waals surface area contributed by atoms with Gasteiger partial charge >= 0.3 is 0 Å². The Labute approximate surface area is 101 Å². The summed E-state index contributed by atoms with van der Waals surface area (Å²) < 4.78 is 7.53. The fourth-order valence-electron chi connectivity index (χ4n) is 1.65. The fraction of sp³-hybridized carbons (Fsp3) is 0.308. The van der Waals surface area contributed by atoms with Gasteiger partial charge in [0.25, 0.3) is 0 Å². The lowest BCUT2D eigenvalue weighted by atomic mass is 10.1. The number of nitrogens with one attached hydrogen (secondary N) is 1. The van der Waals surface area contributed by atoms with Crippen LogP contribution in [0.3, 0.4) is 0 Å². The zero-order chi connectivity index (χ0) is 12.3. The van der Waals surface area contributed by atoms with Crippen LogP contribution in [0, 0.1) is 6.92 Å². The number of hydrogen-bond donors (Lipinski definition) is 1. The first-order valence-corrected chi connectivity index (χ1v) is 5.59. The summed E-state index contributed by atoms with van der Waals surface area (Å²) in [5.74, 6) is 1.64. The number of nitrogens with zero attached hydrogens (tertiary/aromatic N) is 2. The summed E-state index contributed by atoms with van der Waals surface area (Å²) in [6.07, 6.45) is 3.56. The third kappa shape index (κ3) is 2.85. The molecule has 0 unspecified atom stereocenters. The van der Waals surface area contributed by atoms with E-state index in [2.05, 4.69) is 28.6 Å². The van der Waals surface area contributed by atoms with E-state index in [0.29, 0.717) is 0 Å². The lowest BCUT2D eigenvalue weighted by molar-refractivity contribution is 0.477. The highest BCUT2D eigenvalue weighted by molar-refractivity contribution is 5.39. The Bertz CT molecular complexity index is 505. The molecule has 0 spiro atoms. The minimum atomic E-state index is 0.761. The van der Waals surface area contributed by atoms with Gasteiger partial charge in [-0.3, -0.25) is 4.68 Å². The van der Waals surface area contributed by atoms with Gasteiger partial charge in [-0.1, -0.05) is 12.1 Å². The van der Waals surface area contributed by atoms with Crippen molar-refractivity contribution in [2.75, 3.05) is 7.05 Å². The molecule has 0 saturated carbocycles. The topological polar surface area (TPSA) is 39.1 Å². The Hall–Kier alpha value is -1.81. The van der Waals surface area contributed by atoms with Crippen molar-refractivity contribution in [2.45, 2.75) is 13.5 Å². The smallest absolute Gasteiger partial charge is 0.165 e. The normalized spacial score (nSPS) is 10.5. The summed E-state index contributed by atoms with van der Waals surface area (Å²) in [4.78, 5) is 0. The maximum atomic E-state index is 5.81. The molecule has 1 heterocycles. The molecule has 0 fully saturated rings. The highest BCUT2D eigenvalue weighted by Gasteiger charge is 2.04. The second-order valence-corrected chi connectivity index (χ2v) is 4.08. The number of benzene rings is 1. The molecule has 0 amide bonds. The van der Waals surface area contributed by atoms with Crippen LogP contribution in [0.15, 0.2) is 30.6 Å². The number of aromatic nitrogens is 2. The molecule has 0 aliphatic rings. The van der Waals surface area contributed by atoms with E-state index in [1.165, 1.54) is 5.56 Å². The summed E-state index contributed by atoms with van der Waals surface area (Å²) in [5.41, 5.74) is 2.32. The lowest BCUT2D eigenvalue weighted by Gasteiger charge is -2.09. The Kier molecular flexibility index (Phi) is 3.44. The van der Waals surface area contributed by atoms with Crippen LogP contribution in [0.5, 0.6) is 11.5 Å². The van der Waals surface area contributed by atoms with Crippen molar-refractivity contribution in [3.8, 4) is 11.5 Å². The monoisotopic (exact) mass is 231 g/mol. The van der Waals surface area contributed by atoms with Gasteiger partial charge in [-0.2, -0.15) is 5.10 Å². The minimum absolute atomic E-state index is 0.761. The van der Waals surface area contributed by atoms with E-state index < -0.39 is 0 Å². The lowest BCUT2D eigenvalue weighted by Crippen LogP contribution is -2.05. The van der Waals surface area contributed by atoms with Gasteiger partial charge in [-0.05, 0) is 31.2 Å². The summed E-state index contributed by atoms with van der Waals surface area (Å²) in [5, 5.41) is 7.21.